The van der Waals surface area contributed by atoms with Crippen molar-refractivity contribution in [3.05, 3.63) is 0 Å². The summed E-state index contributed by atoms with van der Waals surface area (Å²) in [6.45, 7) is 5.53. The SMILES string of the molecule is CC(C)(C)N([Si](Cl)(Cl)Cl)[Si](Cl)(Cl)Cl. The van der Waals surface area contributed by atoms with Crippen molar-refractivity contribution in [3.8, 4) is 0 Å². The summed E-state index contributed by atoms with van der Waals surface area (Å²) in [7, 11) is 0. The molecule has 9 heteroatoms. The average Bonchev–Trinajstić information content (AvgIpc) is 1.44. The summed E-state index contributed by atoms with van der Waals surface area (Å²) in [4.78, 5) is 0. The van der Waals surface area contributed by atoms with Crippen LogP contribution in [0.3, 0.4) is 0 Å². The van der Waals surface area contributed by atoms with Gasteiger partial charge in [0.1, 0.15) is 0 Å². The maximum atomic E-state index is 5.85. The first-order valence-electron chi connectivity index (χ1n) is 3.30. The van der Waals surface area contributed by atoms with E-state index >= 15 is 0 Å². The number of hydrogen-bond acceptors (Lipinski definition) is 1. The fraction of sp³-hybridized carbons (Fsp3) is 1.00. The van der Waals surface area contributed by atoms with Crippen molar-refractivity contribution in [1.82, 2.24) is 4.23 Å². The Morgan fingerprint density at radius 3 is 1.00 bits per heavy atom. The molecule has 0 aliphatic heterocycles. The molecule has 0 heterocycles. The fourth-order valence-electron chi connectivity index (χ4n) is 0.904. The maximum absolute atomic E-state index is 5.85. The third kappa shape index (κ3) is 5.13. The van der Waals surface area contributed by atoms with Crippen LogP contribution in [-0.4, -0.2) is 22.1 Å². The maximum Gasteiger partial charge on any atom is 0.420 e. The minimum absolute atomic E-state index is 0.449. The van der Waals surface area contributed by atoms with Gasteiger partial charge in [-0.3, -0.25) is 4.23 Å². The molecule has 1 nitrogen and oxygen atoms in total. The molecule has 0 radical (unpaired) electrons. The number of nitrogens with zero attached hydrogens (tertiary/aromatic N) is 1. The summed E-state index contributed by atoms with van der Waals surface area (Å²) in [5, 5.41) is 0. The zero-order valence-corrected chi connectivity index (χ0v) is 13.8. The first kappa shape index (κ1) is 15.1. The quantitative estimate of drug-likeness (QED) is 0.532. The van der Waals surface area contributed by atoms with Crippen molar-refractivity contribution in [2.45, 2.75) is 26.3 Å². The number of hydrogen-bond donors (Lipinski definition) is 0. The predicted octanol–water partition coefficient (Wildman–Crippen LogP) is 4.39. The largest absolute Gasteiger partial charge is 0.420 e. The second-order valence-electron chi connectivity index (χ2n) is 3.44. The lowest BCUT2D eigenvalue weighted by Crippen LogP contribution is -2.60. The van der Waals surface area contributed by atoms with E-state index in [-0.39, 0.29) is 0 Å². The van der Waals surface area contributed by atoms with Crippen molar-refractivity contribution in [3.63, 3.8) is 0 Å². The second kappa shape index (κ2) is 4.56. The van der Waals surface area contributed by atoms with Gasteiger partial charge in [0.2, 0.25) is 0 Å². The lowest BCUT2D eigenvalue weighted by Gasteiger charge is -2.42. The Balaban J connectivity index is 5.02. The van der Waals surface area contributed by atoms with Crippen molar-refractivity contribution in [1.29, 1.82) is 0 Å². The van der Waals surface area contributed by atoms with Gasteiger partial charge in [-0.2, -0.15) is 0 Å². The summed E-state index contributed by atoms with van der Waals surface area (Å²) in [6, 6.07) is 0. The van der Waals surface area contributed by atoms with Gasteiger partial charge in [-0.05, 0) is 20.8 Å². The first-order valence-corrected chi connectivity index (χ1v) is 13.3. The summed E-state index contributed by atoms with van der Waals surface area (Å²) < 4.78 is 1.43. The number of rotatable bonds is 2. The van der Waals surface area contributed by atoms with Crippen LogP contribution >= 0.6 is 66.5 Å². The number of halogens is 6. The highest BCUT2D eigenvalue weighted by atomic mass is 35.8. The second-order valence-corrected chi connectivity index (χ2v) is 20.0. The van der Waals surface area contributed by atoms with E-state index in [0.717, 1.165) is 0 Å². The molecule has 0 aromatic heterocycles. The van der Waals surface area contributed by atoms with Gasteiger partial charge in [0.25, 0.3) is 0 Å². The van der Waals surface area contributed by atoms with Gasteiger partial charge in [-0.1, -0.05) is 0 Å². The van der Waals surface area contributed by atoms with Gasteiger partial charge in [0, 0.05) is 5.54 Å². The summed E-state index contributed by atoms with van der Waals surface area (Å²) in [6.07, 6.45) is -6.28. The van der Waals surface area contributed by atoms with Gasteiger partial charge in [-0.15, -0.1) is 66.5 Å². The molecule has 0 aliphatic carbocycles. The normalized spacial score (nSPS) is 15.2. The van der Waals surface area contributed by atoms with Crippen LogP contribution in [0.5, 0.6) is 0 Å². The van der Waals surface area contributed by atoms with E-state index < -0.39 is 17.9 Å². The van der Waals surface area contributed by atoms with Crippen LogP contribution in [0.15, 0.2) is 0 Å². The summed E-state index contributed by atoms with van der Waals surface area (Å²) >= 11 is 35.1. The third-order valence-electron chi connectivity index (χ3n) is 1.18. The molecular weight excluding hydrogens is 331 g/mol. The van der Waals surface area contributed by atoms with Crippen LogP contribution in [0.2, 0.25) is 0 Å². The highest BCUT2D eigenvalue weighted by molar-refractivity contribution is 7.72. The predicted molar refractivity (Wildman–Crippen MR) is 68.2 cm³/mol. The van der Waals surface area contributed by atoms with E-state index in [1.807, 2.05) is 20.8 Å². The summed E-state index contributed by atoms with van der Waals surface area (Å²) in [5.41, 5.74) is -0.449. The van der Waals surface area contributed by atoms with E-state index in [4.69, 9.17) is 66.5 Å². The molecule has 0 N–H and O–H groups in total. The smallest absolute Gasteiger partial charge is 0.268 e. The third-order valence-corrected chi connectivity index (χ3v) is 11.1. The zero-order chi connectivity index (χ0) is 11.1. The molecule has 0 atom stereocenters. The van der Waals surface area contributed by atoms with Gasteiger partial charge in [0.05, 0.1) is 0 Å². The van der Waals surface area contributed by atoms with E-state index in [9.17, 15) is 0 Å². The van der Waals surface area contributed by atoms with E-state index in [1.54, 1.807) is 0 Å². The van der Waals surface area contributed by atoms with Gasteiger partial charge in [0.15, 0.2) is 0 Å². The molecule has 0 saturated heterocycles. The Bertz CT molecular complexity index is 145. The lowest BCUT2D eigenvalue weighted by atomic mass is 10.1. The molecule has 0 aliphatic rings. The van der Waals surface area contributed by atoms with Crippen LogP contribution in [-0.2, 0) is 0 Å². The zero-order valence-electron chi connectivity index (χ0n) is 7.22. The Hall–Kier alpha value is 2.13. The van der Waals surface area contributed by atoms with E-state index in [0.29, 0.717) is 0 Å². The fourth-order valence-corrected chi connectivity index (χ4v) is 18.5. The van der Waals surface area contributed by atoms with Crippen LogP contribution in [0.4, 0.5) is 0 Å². The lowest BCUT2D eigenvalue weighted by molar-refractivity contribution is 0.374. The minimum atomic E-state index is -3.14. The molecule has 0 rings (SSSR count). The Morgan fingerprint density at radius 1 is 0.769 bits per heavy atom. The summed E-state index contributed by atoms with van der Waals surface area (Å²) in [5.74, 6) is 0. The van der Waals surface area contributed by atoms with E-state index in [1.165, 1.54) is 4.23 Å². The molecule has 0 aromatic carbocycles. The monoisotopic (exact) mass is 337 g/mol. The van der Waals surface area contributed by atoms with Crippen molar-refractivity contribution in [2.75, 3.05) is 0 Å². The molecule has 0 saturated carbocycles. The van der Waals surface area contributed by atoms with Crippen molar-refractivity contribution >= 4 is 78.8 Å². The average molecular weight is 340 g/mol. The van der Waals surface area contributed by atoms with Gasteiger partial charge < -0.3 is 0 Å². The molecule has 0 amide bonds. The molecule has 0 bridgehead atoms. The molecule has 0 aromatic rings. The standard InChI is InChI=1S/C4H9Cl6NSi2/c1-4(2,3)11(12(5,6)7)13(8,9)10/h1-3H3. The van der Waals surface area contributed by atoms with Gasteiger partial charge >= 0.3 is 12.3 Å². The van der Waals surface area contributed by atoms with Gasteiger partial charge in [-0.25, -0.2) is 0 Å². The van der Waals surface area contributed by atoms with Crippen molar-refractivity contribution < 1.29 is 0 Å². The topological polar surface area (TPSA) is 3.24 Å². The van der Waals surface area contributed by atoms with Crippen LogP contribution < -0.4 is 0 Å². The van der Waals surface area contributed by atoms with Crippen molar-refractivity contribution in [2.24, 2.45) is 0 Å². The Kier molecular flexibility index (Phi) is 5.30. The minimum Gasteiger partial charge on any atom is -0.268 e. The molecule has 0 unspecified atom stereocenters. The van der Waals surface area contributed by atoms with Crippen LogP contribution in [0.25, 0.3) is 0 Å². The molecule has 13 heavy (non-hydrogen) atoms. The molecule has 0 fully saturated rings. The van der Waals surface area contributed by atoms with E-state index in [2.05, 4.69) is 0 Å². The molecular formula is C4H9Cl6NSi2. The molecule has 80 valence electrons. The Morgan fingerprint density at radius 2 is 1.00 bits per heavy atom. The first-order chi connectivity index (χ1) is 5.37. The Labute approximate surface area is 109 Å². The van der Waals surface area contributed by atoms with Crippen LogP contribution in [0, 0.1) is 0 Å². The molecule has 0 spiro atoms. The highest BCUT2D eigenvalue weighted by Crippen LogP contribution is 2.41. The van der Waals surface area contributed by atoms with Crippen LogP contribution in [0.1, 0.15) is 20.8 Å². The highest BCUT2D eigenvalue weighted by Gasteiger charge is 2.54.